The second kappa shape index (κ2) is 8.67. The van der Waals surface area contributed by atoms with Gasteiger partial charge in [-0.15, -0.1) is 0 Å². The highest BCUT2D eigenvalue weighted by Crippen LogP contribution is 2.33. The van der Waals surface area contributed by atoms with Crippen LogP contribution in [0.25, 0.3) is 5.57 Å². The Labute approximate surface area is 186 Å². The van der Waals surface area contributed by atoms with Gasteiger partial charge in [-0.2, -0.15) is 0 Å². The Balaban J connectivity index is 1.78. The molecule has 2 amide bonds. The minimum absolute atomic E-state index is 0.151. The number of ether oxygens (including phenoxy) is 1. The van der Waals surface area contributed by atoms with E-state index in [2.05, 4.69) is 5.32 Å². The number of hydrogen-bond acceptors (Lipinski definition) is 4. The van der Waals surface area contributed by atoms with Gasteiger partial charge < -0.3 is 10.1 Å². The van der Waals surface area contributed by atoms with E-state index in [4.69, 9.17) is 4.74 Å². The number of halogens is 1. The summed E-state index contributed by atoms with van der Waals surface area (Å²) < 4.78 is 19.5. The molecule has 3 aromatic rings. The van der Waals surface area contributed by atoms with Gasteiger partial charge in [0.2, 0.25) is 0 Å². The lowest BCUT2D eigenvalue weighted by atomic mass is 10.0. The molecule has 1 aliphatic rings. The molecule has 0 aliphatic carbocycles. The lowest BCUT2D eigenvalue weighted by molar-refractivity contribution is -0.137. The van der Waals surface area contributed by atoms with Crippen LogP contribution in [0.2, 0.25) is 0 Å². The molecule has 0 saturated heterocycles. The van der Waals surface area contributed by atoms with Crippen LogP contribution in [-0.4, -0.2) is 23.8 Å². The standard InChI is InChI=1S/C26H23FN2O3/c1-16-7-6-10-22(17(16)2)28-24-23(18-11-13-20(32-3)14-12-18)25(30)29(26(24)31)15-19-8-4-5-9-21(19)27/h4-14,28H,15H2,1-3H3. The summed E-state index contributed by atoms with van der Waals surface area (Å²) in [6, 6.07) is 18.8. The van der Waals surface area contributed by atoms with Gasteiger partial charge in [0.05, 0.1) is 19.2 Å². The number of rotatable bonds is 6. The van der Waals surface area contributed by atoms with Gasteiger partial charge in [-0.1, -0.05) is 42.5 Å². The van der Waals surface area contributed by atoms with Gasteiger partial charge in [0.15, 0.2) is 0 Å². The summed E-state index contributed by atoms with van der Waals surface area (Å²) >= 11 is 0. The van der Waals surface area contributed by atoms with Crippen LogP contribution < -0.4 is 10.1 Å². The van der Waals surface area contributed by atoms with Crippen LogP contribution in [0.3, 0.4) is 0 Å². The first-order chi connectivity index (χ1) is 15.4. The normalized spacial score (nSPS) is 13.7. The van der Waals surface area contributed by atoms with Crippen molar-refractivity contribution in [3.8, 4) is 5.75 Å². The highest BCUT2D eigenvalue weighted by molar-refractivity contribution is 6.36. The fraction of sp³-hybridized carbons (Fsp3) is 0.154. The number of anilines is 1. The van der Waals surface area contributed by atoms with Gasteiger partial charge in [0.25, 0.3) is 11.8 Å². The molecule has 0 fully saturated rings. The number of aryl methyl sites for hydroxylation is 1. The predicted octanol–water partition coefficient (Wildman–Crippen LogP) is 4.84. The van der Waals surface area contributed by atoms with Crippen molar-refractivity contribution in [2.24, 2.45) is 0 Å². The molecule has 1 aliphatic heterocycles. The van der Waals surface area contributed by atoms with Crippen molar-refractivity contribution < 1.29 is 18.7 Å². The second-order valence-electron chi connectivity index (χ2n) is 7.64. The van der Waals surface area contributed by atoms with Crippen LogP contribution in [0.15, 0.2) is 72.4 Å². The first-order valence-corrected chi connectivity index (χ1v) is 10.2. The molecule has 162 valence electrons. The SMILES string of the molecule is COc1ccc(C2=C(Nc3cccc(C)c3C)C(=O)N(Cc3ccccc3F)C2=O)cc1. The maximum Gasteiger partial charge on any atom is 0.278 e. The van der Waals surface area contributed by atoms with E-state index in [1.165, 1.54) is 6.07 Å². The molecule has 5 nitrogen and oxygen atoms in total. The van der Waals surface area contributed by atoms with E-state index in [1.54, 1.807) is 49.6 Å². The molecular weight excluding hydrogens is 407 g/mol. The summed E-state index contributed by atoms with van der Waals surface area (Å²) in [7, 11) is 1.56. The Bertz CT molecular complexity index is 1230. The Morgan fingerprint density at radius 1 is 0.906 bits per heavy atom. The van der Waals surface area contributed by atoms with Crippen LogP contribution in [0, 0.1) is 19.7 Å². The summed E-state index contributed by atoms with van der Waals surface area (Å²) in [5.74, 6) is -0.797. The van der Waals surface area contributed by atoms with Crippen molar-refractivity contribution in [3.63, 3.8) is 0 Å². The molecule has 0 spiro atoms. The number of benzene rings is 3. The lowest BCUT2D eigenvalue weighted by Gasteiger charge is -2.16. The summed E-state index contributed by atoms with van der Waals surface area (Å²) in [6.07, 6.45) is 0. The lowest BCUT2D eigenvalue weighted by Crippen LogP contribution is -2.32. The van der Waals surface area contributed by atoms with Gasteiger partial charge in [-0.05, 0) is 54.8 Å². The number of imide groups is 1. The smallest absolute Gasteiger partial charge is 0.278 e. The molecule has 1 N–H and O–H groups in total. The van der Waals surface area contributed by atoms with Gasteiger partial charge in [-0.3, -0.25) is 14.5 Å². The molecule has 4 rings (SSSR count). The van der Waals surface area contributed by atoms with E-state index >= 15 is 0 Å². The van der Waals surface area contributed by atoms with Crippen LogP contribution in [-0.2, 0) is 16.1 Å². The van der Waals surface area contributed by atoms with Gasteiger partial charge in [0.1, 0.15) is 17.3 Å². The number of carbonyl (C=O) groups is 2. The van der Waals surface area contributed by atoms with E-state index in [0.717, 1.165) is 21.7 Å². The Hall–Kier alpha value is -3.93. The zero-order valence-corrected chi connectivity index (χ0v) is 18.1. The van der Waals surface area contributed by atoms with Gasteiger partial charge in [0, 0.05) is 11.3 Å². The van der Waals surface area contributed by atoms with Crippen molar-refractivity contribution >= 4 is 23.1 Å². The molecule has 1 heterocycles. The van der Waals surface area contributed by atoms with E-state index in [0.29, 0.717) is 11.3 Å². The third-order valence-electron chi connectivity index (χ3n) is 5.70. The monoisotopic (exact) mass is 430 g/mol. The van der Waals surface area contributed by atoms with E-state index in [-0.39, 0.29) is 23.4 Å². The fourth-order valence-electron chi connectivity index (χ4n) is 3.68. The third kappa shape index (κ3) is 3.87. The summed E-state index contributed by atoms with van der Waals surface area (Å²) in [5.41, 5.74) is 4.03. The maximum absolute atomic E-state index is 14.2. The zero-order chi connectivity index (χ0) is 22.8. The van der Waals surface area contributed by atoms with Crippen LogP contribution in [0.4, 0.5) is 10.1 Å². The first kappa shape index (κ1) is 21.3. The third-order valence-corrected chi connectivity index (χ3v) is 5.70. The summed E-state index contributed by atoms with van der Waals surface area (Å²) in [5, 5.41) is 3.18. The van der Waals surface area contributed by atoms with Gasteiger partial charge in [-0.25, -0.2) is 4.39 Å². The summed E-state index contributed by atoms with van der Waals surface area (Å²) in [4.78, 5) is 27.8. The Morgan fingerprint density at radius 3 is 2.31 bits per heavy atom. The Kier molecular flexibility index (Phi) is 5.77. The van der Waals surface area contributed by atoms with Gasteiger partial charge >= 0.3 is 0 Å². The van der Waals surface area contributed by atoms with Crippen molar-refractivity contribution in [3.05, 3.63) is 100 Å². The van der Waals surface area contributed by atoms with Crippen LogP contribution in [0.5, 0.6) is 5.75 Å². The number of hydrogen-bond donors (Lipinski definition) is 1. The summed E-state index contributed by atoms with van der Waals surface area (Å²) in [6.45, 7) is 3.77. The van der Waals surface area contributed by atoms with Crippen LogP contribution >= 0.6 is 0 Å². The number of nitrogens with one attached hydrogen (secondary N) is 1. The molecule has 0 saturated carbocycles. The quantitative estimate of drug-likeness (QED) is 0.569. The largest absolute Gasteiger partial charge is 0.497 e. The average Bonchev–Trinajstić information content (AvgIpc) is 3.02. The topological polar surface area (TPSA) is 58.6 Å². The van der Waals surface area contributed by atoms with E-state index in [9.17, 15) is 14.0 Å². The van der Waals surface area contributed by atoms with Crippen LogP contribution in [0.1, 0.15) is 22.3 Å². The van der Waals surface area contributed by atoms with Crippen molar-refractivity contribution in [2.75, 3.05) is 12.4 Å². The first-order valence-electron chi connectivity index (χ1n) is 10.2. The minimum atomic E-state index is -0.495. The minimum Gasteiger partial charge on any atom is -0.497 e. The Morgan fingerprint density at radius 2 is 1.62 bits per heavy atom. The van der Waals surface area contributed by atoms with Crippen molar-refractivity contribution in [1.82, 2.24) is 4.90 Å². The maximum atomic E-state index is 14.2. The number of amides is 2. The molecule has 0 atom stereocenters. The fourth-order valence-corrected chi connectivity index (χ4v) is 3.68. The highest BCUT2D eigenvalue weighted by atomic mass is 19.1. The molecule has 0 aromatic heterocycles. The zero-order valence-electron chi connectivity index (χ0n) is 18.1. The molecule has 0 radical (unpaired) electrons. The van der Waals surface area contributed by atoms with Crippen molar-refractivity contribution in [1.29, 1.82) is 0 Å². The second-order valence-corrected chi connectivity index (χ2v) is 7.64. The number of methoxy groups -OCH3 is 1. The van der Waals surface area contributed by atoms with E-state index < -0.39 is 17.6 Å². The van der Waals surface area contributed by atoms with Crippen molar-refractivity contribution in [2.45, 2.75) is 20.4 Å². The molecular formula is C26H23FN2O3. The molecule has 0 unspecified atom stereocenters. The molecule has 6 heteroatoms. The predicted molar refractivity (Wildman–Crippen MR) is 121 cm³/mol. The number of carbonyl (C=O) groups excluding carboxylic acids is 2. The molecule has 3 aromatic carbocycles. The average molecular weight is 430 g/mol. The van der Waals surface area contributed by atoms with E-state index in [1.807, 2.05) is 32.0 Å². The highest BCUT2D eigenvalue weighted by Gasteiger charge is 2.39. The number of nitrogens with zero attached hydrogens (tertiary/aromatic N) is 1. The molecule has 32 heavy (non-hydrogen) atoms. The molecule has 0 bridgehead atoms.